The average molecular weight is 336 g/mol. The molecule has 0 aliphatic heterocycles. The van der Waals surface area contributed by atoms with E-state index in [9.17, 15) is 26.3 Å². The molecule has 0 amide bonds. The molecule has 0 bridgehead atoms. The van der Waals surface area contributed by atoms with Crippen LogP contribution in [0.1, 0.15) is 11.3 Å². The quantitative estimate of drug-likeness (QED) is 0.495. The summed E-state index contributed by atoms with van der Waals surface area (Å²) in [5.41, 5.74) is 4.36. The van der Waals surface area contributed by atoms with Crippen molar-refractivity contribution >= 4 is 18.3 Å². The van der Waals surface area contributed by atoms with Gasteiger partial charge >= 0.3 is 18.3 Å². The third-order valence-corrected chi connectivity index (χ3v) is 1.66. The average Bonchev–Trinajstić information content (AvgIpc) is 2.27. The lowest BCUT2D eigenvalue weighted by Crippen LogP contribution is -2.21. The number of pyridine rings is 1. The number of carboxylic acids is 1. The van der Waals surface area contributed by atoms with Crippen LogP contribution in [0.3, 0.4) is 0 Å². The molecule has 0 atom stereocenters. The number of hydrogen-bond donors (Lipinski definition) is 3. The number of anilines is 1. The number of halogens is 6. The van der Waals surface area contributed by atoms with Crippen LogP contribution in [0.2, 0.25) is 0 Å². The molecule has 1 rings (SSSR count). The van der Waals surface area contributed by atoms with Crippen molar-refractivity contribution < 1.29 is 46.1 Å². The molecule has 12 heteroatoms. The highest BCUT2D eigenvalue weighted by Crippen LogP contribution is 2.31. The first kappa shape index (κ1) is 21.8. The van der Waals surface area contributed by atoms with E-state index in [4.69, 9.17) is 25.5 Å². The summed E-state index contributed by atoms with van der Waals surface area (Å²) in [6.07, 6.45) is -9.43. The van der Waals surface area contributed by atoms with Gasteiger partial charge in [0.25, 0.3) is 6.47 Å². The Morgan fingerprint density at radius 3 is 1.82 bits per heavy atom. The van der Waals surface area contributed by atoms with E-state index in [1.165, 1.54) is 6.92 Å². The van der Waals surface area contributed by atoms with Crippen molar-refractivity contribution in [3.05, 3.63) is 23.4 Å². The third-order valence-electron chi connectivity index (χ3n) is 1.66. The molecule has 0 unspecified atom stereocenters. The predicted octanol–water partition coefficient (Wildman–Crippen LogP) is 2.33. The van der Waals surface area contributed by atoms with Gasteiger partial charge in [-0.25, -0.2) is 9.78 Å². The third kappa shape index (κ3) is 9.39. The van der Waals surface area contributed by atoms with Gasteiger partial charge in [0.05, 0.1) is 11.3 Å². The van der Waals surface area contributed by atoms with Crippen LogP contribution in [0.4, 0.5) is 32.2 Å². The highest BCUT2D eigenvalue weighted by atomic mass is 19.4. The first-order chi connectivity index (χ1) is 9.77. The van der Waals surface area contributed by atoms with Crippen molar-refractivity contribution in [2.24, 2.45) is 0 Å². The molecule has 1 aromatic heterocycles. The van der Waals surface area contributed by atoms with Gasteiger partial charge in [0, 0.05) is 0 Å². The highest BCUT2D eigenvalue weighted by Gasteiger charge is 2.38. The van der Waals surface area contributed by atoms with Crippen molar-refractivity contribution in [3.8, 4) is 0 Å². The lowest BCUT2D eigenvalue weighted by Gasteiger charge is -2.08. The predicted molar refractivity (Wildman–Crippen MR) is 60.8 cm³/mol. The summed E-state index contributed by atoms with van der Waals surface area (Å²) in [6.45, 7) is 1.03. The number of aromatic nitrogens is 1. The Bertz CT molecular complexity index is 501. The lowest BCUT2D eigenvalue weighted by atomic mass is 10.2. The number of aryl methyl sites for hydroxylation is 1. The summed E-state index contributed by atoms with van der Waals surface area (Å²) in [4.78, 5) is 20.8. The fourth-order valence-electron chi connectivity index (χ4n) is 0.880. The standard InChI is InChI=1S/C7H7F3N2.C2HF3O2.CH2O2/c1-4-5(7(8,9)10)2-3-6(11)12-4;3-2(4,5)1(6)7;2-1-3/h2-3H,1H3,(H2,11,12);(H,6,7);1H,(H,2,3). The van der Waals surface area contributed by atoms with Crippen molar-refractivity contribution in [3.63, 3.8) is 0 Å². The molecule has 6 nitrogen and oxygen atoms in total. The minimum absolute atomic E-state index is 0.0949. The Hall–Kier alpha value is -2.53. The number of nitrogens with two attached hydrogens (primary N) is 1. The van der Waals surface area contributed by atoms with Gasteiger partial charge in [-0.2, -0.15) is 26.3 Å². The van der Waals surface area contributed by atoms with Crippen molar-refractivity contribution in [2.45, 2.75) is 19.3 Å². The maximum Gasteiger partial charge on any atom is 0.490 e. The number of rotatable bonds is 0. The van der Waals surface area contributed by atoms with Crippen LogP contribution in [-0.4, -0.2) is 33.8 Å². The smallest absolute Gasteiger partial charge is 0.483 e. The molecule has 0 radical (unpaired) electrons. The lowest BCUT2D eigenvalue weighted by molar-refractivity contribution is -0.192. The highest BCUT2D eigenvalue weighted by molar-refractivity contribution is 5.73. The molecule has 0 saturated carbocycles. The van der Waals surface area contributed by atoms with Gasteiger partial charge in [-0.3, -0.25) is 4.79 Å². The van der Waals surface area contributed by atoms with Crippen LogP contribution in [0.5, 0.6) is 0 Å². The number of carboxylic acid groups (broad SMARTS) is 2. The zero-order chi connectivity index (χ0) is 18.1. The van der Waals surface area contributed by atoms with Crippen LogP contribution in [-0.2, 0) is 15.8 Å². The normalized spacial score (nSPS) is 10.5. The van der Waals surface area contributed by atoms with E-state index in [0.717, 1.165) is 12.1 Å². The molecule has 0 aromatic carbocycles. The fraction of sp³-hybridized carbons (Fsp3) is 0.300. The Labute approximate surface area is 119 Å². The number of alkyl halides is 6. The van der Waals surface area contributed by atoms with E-state index in [2.05, 4.69) is 4.98 Å². The van der Waals surface area contributed by atoms with Gasteiger partial charge in [0.1, 0.15) is 5.82 Å². The van der Waals surface area contributed by atoms with Crippen molar-refractivity contribution in [1.82, 2.24) is 4.98 Å². The van der Waals surface area contributed by atoms with E-state index in [1.807, 2.05) is 0 Å². The van der Waals surface area contributed by atoms with Gasteiger partial charge in [-0.15, -0.1) is 0 Å². The second-order valence-electron chi connectivity index (χ2n) is 3.28. The van der Waals surface area contributed by atoms with E-state index in [1.54, 1.807) is 0 Å². The minimum Gasteiger partial charge on any atom is -0.483 e. The zero-order valence-corrected chi connectivity index (χ0v) is 10.7. The Morgan fingerprint density at radius 2 is 1.59 bits per heavy atom. The van der Waals surface area contributed by atoms with Crippen LogP contribution < -0.4 is 5.73 Å². The number of nitrogens with zero attached hydrogens (tertiary/aromatic N) is 1. The van der Waals surface area contributed by atoms with E-state index in [-0.39, 0.29) is 18.0 Å². The number of aliphatic carboxylic acids is 1. The molecule has 0 aliphatic carbocycles. The van der Waals surface area contributed by atoms with Crippen molar-refractivity contribution in [2.75, 3.05) is 5.73 Å². The van der Waals surface area contributed by atoms with E-state index >= 15 is 0 Å². The van der Waals surface area contributed by atoms with Crippen LogP contribution in [0.25, 0.3) is 0 Å². The maximum atomic E-state index is 12.1. The fourth-order valence-corrected chi connectivity index (χ4v) is 0.880. The van der Waals surface area contributed by atoms with Crippen LogP contribution >= 0.6 is 0 Å². The first-order valence-corrected chi connectivity index (χ1v) is 4.95. The monoisotopic (exact) mass is 336 g/mol. The van der Waals surface area contributed by atoms with Crippen LogP contribution in [0.15, 0.2) is 12.1 Å². The van der Waals surface area contributed by atoms with Crippen molar-refractivity contribution in [1.29, 1.82) is 0 Å². The molecule has 4 N–H and O–H groups in total. The largest absolute Gasteiger partial charge is 0.490 e. The summed E-state index contributed by atoms with van der Waals surface area (Å²) in [7, 11) is 0. The number of nitrogen functional groups attached to an aromatic ring is 1. The summed E-state index contributed by atoms with van der Waals surface area (Å²) in [5.74, 6) is -2.66. The molecular weight excluding hydrogens is 326 g/mol. The van der Waals surface area contributed by atoms with E-state index < -0.39 is 23.9 Å². The van der Waals surface area contributed by atoms with Gasteiger partial charge in [-0.1, -0.05) is 0 Å². The van der Waals surface area contributed by atoms with Gasteiger partial charge in [0.2, 0.25) is 0 Å². The molecular formula is C10H10F6N2O4. The maximum absolute atomic E-state index is 12.1. The Morgan fingerprint density at radius 1 is 1.23 bits per heavy atom. The summed E-state index contributed by atoms with van der Waals surface area (Å²) < 4.78 is 68.0. The first-order valence-electron chi connectivity index (χ1n) is 4.95. The zero-order valence-electron chi connectivity index (χ0n) is 10.7. The molecule has 1 aromatic rings. The molecule has 22 heavy (non-hydrogen) atoms. The SMILES string of the molecule is Cc1nc(N)ccc1C(F)(F)F.O=C(O)C(F)(F)F.O=CO. The number of hydrogen-bond acceptors (Lipinski definition) is 4. The Kier molecular flexibility index (Phi) is 8.60. The molecule has 1 heterocycles. The second kappa shape index (κ2) is 8.69. The van der Waals surface area contributed by atoms with Crippen LogP contribution in [0, 0.1) is 6.92 Å². The van der Waals surface area contributed by atoms with Gasteiger partial charge in [0.15, 0.2) is 0 Å². The molecule has 0 aliphatic rings. The van der Waals surface area contributed by atoms with Gasteiger partial charge < -0.3 is 15.9 Å². The summed E-state index contributed by atoms with van der Waals surface area (Å²) >= 11 is 0. The van der Waals surface area contributed by atoms with Gasteiger partial charge in [-0.05, 0) is 19.1 Å². The molecule has 126 valence electrons. The minimum atomic E-state index is -5.08. The molecule has 0 fully saturated rings. The second-order valence-corrected chi connectivity index (χ2v) is 3.28. The van der Waals surface area contributed by atoms with E-state index in [0.29, 0.717) is 0 Å². The number of carbonyl (C=O) groups is 2. The topological polar surface area (TPSA) is 114 Å². The molecule has 0 spiro atoms. The Balaban J connectivity index is 0. The summed E-state index contributed by atoms with van der Waals surface area (Å²) in [5, 5.41) is 14.0. The molecule has 0 saturated heterocycles. The summed E-state index contributed by atoms with van der Waals surface area (Å²) in [6, 6.07) is 2.06.